The largest absolute Gasteiger partial charge is 0.376 e. The summed E-state index contributed by atoms with van der Waals surface area (Å²) in [5.41, 5.74) is 3.84. The first-order chi connectivity index (χ1) is 15.6. The number of aryl methyl sites for hydroxylation is 2. The number of carbonyl (C=O) groups excluding carboxylic acids is 1. The Kier molecular flexibility index (Phi) is 5.78. The Morgan fingerprint density at radius 1 is 1.12 bits per heavy atom. The number of hydrogen-bond acceptors (Lipinski definition) is 6. The van der Waals surface area contributed by atoms with Crippen molar-refractivity contribution in [2.75, 3.05) is 31.1 Å². The highest BCUT2D eigenvalue weighted by Gasteiger charge is 2.29. The van der Waals surface area contributed by atoms with Crippen LogP contribution in [0.4, 0.5) is 5.82 Å². The molecule has 2 aliphatic heterocycles. The molecule has 1 aromatic carbocycles. The second-order valence-corrected chi connectivity index (χ2v) is 8.81. The van der Waals surface area contributed by atoms with Crippen LogP contribution in [0.2, 0.25) is 0 Å². The minimum absolute atomic E-state index is 0.0326. The zero-order chi connectivity index (χ0) is 22.1. The Bertz CT molecular complexity index is 1100. The molecular formula is C24H30N6O2. The Balaban J connectivity index is 1.32. The molecule has 3 aromatic rings. The zero-order valence-electron chi connectivity index (χ0n) is 18.8. The van der Waals surface area contributed by atoms with Crippen molar-refractivity contribution < 1.29 is 9.53 Å². The second-order valence-electron chi connectivity index (χ2n) is 8.81. The number of aromatic nitrogens is 4. The molecule has 1 atom stereocenters. The van der Waals surface area contributed by atoms with E-state index in [-0.39, 0.29) is 17.9 Å². The minimum atomic E-state index is 0.0326. The van der Waals surface area contributed by atoms with Crippen molar-refractivity contribution in [2.24, 2.45) is 5.92 Å². The molecule has 32 heavy (non-hydrogen) atoms. The molecule has 0 aliphatic carbocycles. The van der Waals surface area contributed by atoms with Gasteiger partial charge in [0.2, 0.25) is 5.91 Å². The Morgan fingerprint density at radius 2 is 1.91 bits per heavy atom. The van der Waals surface area contributed by atoms with E-state index in [0.29, 0.717) is 6.54 Å². The maximum absolute atomic E-state index is 12.6. The Labute approximate surface area is 188 Å². The number of fused-ring (bicyclic) bond motifs is 1. The molecule has 2 aromatic heterocycles. The van der Waals surface area contributed by atoms with Gasteiger partial charge in [0.05, 0.1) is 28.6 Å². The van der Waals surface area contributed by atoms with Gasteiger partial charge in [-0.25, -0.2) is 4.68 Å². The average Bonchev–Trinajstić information content (AvgIpc) is 3.47. The molecule has 0 radical (unpaired) electrons. The van der Waals surface area contributed by atoms with Crippen LogP contribution in [0.1, 0.15) is 37.1 Å². The van der Waals surface area contributed by atoms with Crippen LogP contribution in [-0.4, -0.2) is 58.2 Å². The topological polar surface area (TPSA) is 85.2 Å². The number of ether oxygens (including phenoxy) is 1. The molecule has 1 N–H and O–H groups in total. The number of amides is 1. The molecule has 2 aliphatic rings. The summed E-state index contributed by atoms with van der Waals surface area (Å²) in [6.45, 7) is 7.02. The van der Waals surface area contributed by atoms with Gasteiger partial charge >= 0.3 is 0 Å². The van der Waals surface area contributed by atoms with Crippen molar-refractivity contribution in [2.45, 2.75) is 45.6 Å². The molecule has 8 heteroatoms. The second kappa shape index (κ2) is 8.86. The number of para-hydroxylation sites is 1. The van der Waals surface area contributed by atoms with Crippen LogP contribution >= 0.6 is 0 Å². The fourth-order valence-electron chi connectivity index (χ4n) is 4.86. The molecule has 4 heterocycles. The highest BCUT2D eigenvalue weighted by atomic mass is 16.5. The third-order valence-corrected chi connectivity index (χ3v) is 6.68. The minimum Gasteiger partial charge on any atom is -0.376 e. The lowest BCUT2D eigenvalue weighted by molar-refractivity contribution is -0.126. The monoisotopic (exact) mass is 434 g/mol. The van der Waals surface area contributed by atoms with Crippen LogP contribution in [0, 0.1) is 19.8 Å². The van der Waals surface area contributed by atoms with Crippen LogP contribution in [-0.2, 0) is 9.53 Å². The molecule has 2 saturated heterocycles. The molecule has 1 unspecified atom stereocenters. The molecule has 8 nitrogen and oxygen atoms in total. The predicted molar refractivity (Wildman–Crippen MR) is 123 cm³/mol. The Hall–Kier alpha value is -3.00. The molecular weight excluding hydrogens is 404 g/mol. The van der Waals surface area contributed by atoms with Crippen molar-refractivity contribution in [1.29, 1.82) is 0 Å². The summed E-state index contributed by atoms with van der Waals surface area (Å²) in [6.07, 6.45) is 3.90. The lowest BCUT2D eigenvalue weighted by Crippen LogP contribution is -2.42. The number of carbonyl (C=O) groups is 1. The fourth-order valence-corrected chi connectivity index (χ4v) is 4.86. The van der Waals surface area contributed by atoms with Crippen LogP contribution in [0.5, 0.6) is 0 Å². The highest BCUT2D eigenvalue weighted by molar-refractivity contribution is 5.92. The summed E-state index contributed by atoms with van der Waals surface area (Å²) in [5.74, 6) is 0.983. The number of benzene rings is 1. The van der Waals surface area contributed by atoms with Gasteiger partial charge in [-0.15, -0.1) is 5.10 Å². The first-order valence-corrected chi connectivity index (χ1v) is 11.5. The summed E-state index contributed by atoms with van der Waals surface area (Å²) < 4.78 is 7.58. The van der Waals surface area contributed by atoms with Gasteiger partial charge in [-0.3, -0.25) is 4.79 Å². The molecule has 0 spiro atoms. The van der Waals surface area contributed by atoms with Crippen molar-refractivity contribution >= 4 is 22.6 Å². The molecule has 2 fully saturated rings. The third kappa shape index (κ3) is 3.95. The van der Waals surface area contributed by atoms with Crippen LogP contribution in [0.3, 0.4) is 0 Å². The normalized spacial score (nSPS) is 19.6. The molecule has 0 saturated carbocycles. The van der Waals surface area contributed by atoms with Crippen molar-refractivity contribution in [3.8, 4) is 5.69 Å². The number of nitrogens with one attached hydrogen (secondary N) is 1. The van der Waals surface area contributed by atoms with E-state index in [0.717, 1.165) is 79.2 Å². The average molecular weight is 435 g/mol. The number of rotatable bonds is 5. The fraction of sp³-hybridized carbons (Fsp3) is 0.500. The number of piperidine rings is 1. The van der Waals surface area contributed by atoms with Gasteiger partial charge in [0.15, 0.2) is 5.82 Å². The smallest absolute Gasteiger partial charge is 0.223 e. The van der Waals surface area contributed by atoms with Crippen LogP contribution in [0.25, 0.3) is 16.6 Å². The molecule has 0 bridgehead atoms. The predicted octanol–water partition coefficient (Wildman–Crippen LogP) is 2.94. The van der Waals surface area contributed by atoms with E-state index in [1.54, 1.807) is 0 Å². The summed E-state index contributed by atoms with van der Waals surface area (Å²) in [5, 5.41) is 18.0. The van der Waals surface area contributed by atoms with Gasteiger partial charge in [0.25, 0.3) is 0 Å². The lowest BCUT2D eigenvalue weighted by atomic mass is 9.95. The van der Waals surface area contributed by atoms with E-state index in [9.17, 15) is 4.79 Å². The van der Waals surface area contributed by atoms with Crippen molar-refractivity contribution in [3.05, 3.63) is 41.7 Å². The molecule has 168 valence electrons. The van der Waals surface area contributed by atoms with Gasteiger partial charge in [0.1, 0.15) is 5.52 Å². The number of nitrogens with zero attached hydrogens (tertiary/aromatic N) is 5. The highest BCUT2D eigenvalue weighted by Crippen LogP contribution is 2.31. The first kappa shape index (κ1) is 20.9. The van der Waals surface area contributed by atoms with E-state index < -0.39 is 0 Å². The first-order valence-electron chi connectivity index (χ1n) is 11.5. The van der Waals surface area contributed by atoms with E-state index in [1.165, 1.54) is 0 Å². The maximum Gasteiger partial charge on any atom is 0.223 e. The van der Waals surface area contributed by atoms with Gasteiger partial charge in [-0.05, 0) is 51.7 Å². The molecule has 1 amide bonds. The van der Waals surface area contributed by atoms with Gasteiger partial charge in [-0.2, -0.15) is 10.2 Å². The Morgan fingerprint density at radius 3 is 2.62 bits per heavy atom. The van der Waals surface area contributed by atoms with E-state index in [1.807, 2.05) is 29.8 Å². The zero-order valence-corrected chi connectivity index (χ0v) is 18.8. The summed E-state index contributed by atoms with van der Waals surface area (Å²) in [6, 6.07) is 10.1. The van der Waals surface area contributed by atoms with E-state index in [4.69, 9.17) is 9.84 Å². The van der Waals surface area contributed by atoms with Crippen molar-refractivity contribution in [1.82, 2.24) is 25.3 Å². The van der Waals surface area contributed by atoms with Gasteiger partial charge < -0.3 is 15.0 Å². The van der Waals surface area contributed by atoms with Crippen LogP contribution in [0.15, 0.2) is 30.3 Å². The summed E-state index contributed by atoms with van der Waals surface area (Å²) in [7, 11) is 0. The van der Waals surface area contributed by atoms with Gasteiger partial charge in [-0.1, -0.05) is 18.2 Å². The van der Waals surface area contributed by atoms with E-state index in [2.05, 4.69) is 39.5 Å². The molecule has 5 rings (SSSR count). The van der Waals surface area contributed by atoms with Gasteiger partial charge in [0, 0.05) is 32.2 Å². The summed E-state index contributed by atoms with van der Waals surface area (Å²) >= 11 is 0. The summed E-state index contributed by atoms with van der Waals surface area (Å²) in [4.78, 5) is 14.9. The van der Waals surface area contributed by atoms with E-state index >= 15 is 0 Å². The standard InChI is InChI=1S/C24H30N6O2/c1-16-21-17(2)30(19-7-4-3-5-8-19)28-22(21)23(27-26-16)29-12-10-18(11-13-29)24(31)25-15-20-9-6-14-32-20/h3-5,7-8,18,20H,6,9-15H2,1-2H3,(H,25,31). The SMILES string of the molecule is Cc1nnc(N2CCC(C(=O)NCC3CCCO3)CC2)c2nn(-c3ccccc3)c(C)c12. The lowest BCUT2D eigenvalue weighted by Gasteiger charge is -2.32. The third-order valence-electron chi connectivity index (χ3n) is 6.68. The maximum atomic E-state index is 12.6. The number of anilines is 1. The quantitative estimate of drug-likeness (QED) is 0.665. The number of hydrogen-bond donors (Lipinski definition) is 1. The van der Waals surface area contributed by atoms with Crippen molar-refractivity contribution in [3.63, 3.8) is 0 Å². The van der Waals surface area contributed by atoms with Crippen LogP contribution < -0.4 is 10.2 Å².